The summed E-state index contributed by atoms with van der Waals surface area (Å²) in [4.78, 5) is 25.3. The van der Waals surface area contributed by atoms with Crippen molar-refractivity contribution in [2.45, 2.75) is 18.9 Å². The number of carbonyl (C=O) groups excluding carboxylic acids is 1. The van der Waals surface area contributed by atoms with Crippen molar-refractivity contribution in [2.24, 2.45) is 0 Å². The standard InChI is InChI=1S/C23H23ClFN5O3/c1-3-7-29-10-23(11-29)12-30(22(31)33-23)18-8-14-17(9-19(18)32-2)26-13-27-21(14)28-16-6-4-5-15(24)20(16)25/h4-6,8-9,13H,3,7,10-12H2,1-2H3,(H,26,27,28). The molecule has 8 nitrogen and oxygen atoms in total. The molecule has 0 aliphatic carbocycles. The van der Waals surface area contributed by atoms with Crippen LogP contribution in [0.1, 0.15) is 13.3 Å². The minimum Gasteiger partial charge on any atom is -0.494 e. The number of anilines is 3. The van der Waals surface area contributed by atoms with Gasteiger partial charge in [-0.2, -0.15) is 0 Å². The van der Waals surface area contributed by atoms with Crippen molar-refractivity contribution in [3.05, 3.63) is 47.5 Å². The molecule has 2 saturated heterocycles. The normalized spacial score (nSPS) is 17.3. The molecule has 1 spiro atoms. The maximum absolute atomic E-state index is 14.5. The number of amides is 1. The van der Waals surface area contributed by atoms with Gasteiger partial charge in [0.05, 0.1) is 35.6 Å². The Labute approximate surface area is 195 Å². The number of halogens is 2. The minimum atomic E-state index is -0.577. The number of benzene rings is 2. The molecule has 2 aliphatic rings. The number of hydrogen-bond donors (Lipinski definition) is 1. The lowest BCUT2D eigenvalue weighted by Gasteiger charge is -2.45. The fourth-order valence-electron chi connectivity index (χ4n) is 4.49. The van der Waals surface area contributed by atoms with Gasteiger partial charge in [-0.3, -0.25) is 9.80 Å². The first-order valence-electron chi connectivity index (χ1n) is 10.7. The van der Waals surface area contributed by atoms with Gasteiger partial charge in [0.15, 0.2) is 11.4 Å². The molecule has 0 bridgehead atoms. The second-order valence-corrected chi connectivity index (χ2v) is 8.74. The largest absolute Gasteiger partial charge is 0.494 e. The molecule has 33 heavy (non-hydrogen) atoms. The molecule has 3 heterocycles. The van der Waals surface area contributed by atoms with Crippen LogP contribution < -0.4 is 15.0 Å². The predicted molar refractivity (Wildman–Crippen MR) is 124 cm³/mol. The zero-order chi connectivity index (χ0) is 23.2. The summed E-state index contributed by atoms with van der Waals surface area (Å²) in [5.74, 6) is 0.288. The van der Waals surface area contributed by atoms with E-state index in [2.05, 4.69) is 27.1 Å². The lowest BCUT2D eigenvalue weighted by molar-refractivity contribution is -0.0720. The fourth-order valence-corrected chi connectivity index (χ4v) is 4.67. The zero-order valence-corrected chi connectivity index (χ0v) is 19.0. The topological polar surface area (TPSA) is 79.8 Å². The Morgan fingerprint density at radius 2 is 2.09 bits per heavy atom. The molecule has 172 valence electrons. The summed E-state index contributed by atoms with van der Waals surface area (Å²) in [5.41, 5.74) is 0.801. The van der Waals surface area contributed by atoms with Crippen LogP contribution in [0.5, 0.6) is 5.75 Å². The Morgan fingerprint density at radius 3 is 2.85 bits per heavy atom. The third-order valence-electron chi connectivity index (χ3n) is 5.97. The Bertz CT molecular complexity index is 1230. The molecule has 5 rings (SSSR count). The molecular weight excluding hydrogens is 449 g/mol. The summed E-state index contributed by atoms with van der Waals surface area (Å²) in [6, 6.07) is 8.18. The Balaban J connectivity index is 1.51. The molecule has 2 aromatic carbocycles. The van der Waals surface area contributed by atoms with Crippen LogP contribution in [0.2, 0.25) is 5.02 Å². The Hall–Kier alpha value is -3.17. The summed E-state index contributed by atoms with van der Waals surface area (Å²) >= 11 is 5.92. The number of methoxy groups -OCH3 is 1. The molecule has 0 radical (unpaired) electrons. The average molecular weight is 472 g/mol. The Kier molecular flexibility index (Phi) is 5.46. The predicted octanol–water partition coefficient (Wildman–Crippen LogP) is 4.60. The van der Waals surface area contributed by atoms with Crippen LogP contribution in [0.4, 0.5) is 26.4 Å². The first-order valence-corrected chi connectivity index (χ1v) is 11.1. The molecule has 1 aromatic heterocycles. The van der Waals surface area contributed by atoms with Crippen molar-refractivity contribution in [1.82, 2.24) is 14.9 Å². The number of aromatic nitrogens is 2. The second-order valence-electron chi connectivity index (χ2n) is 8.34. The highest BCUT2D eigenvalue weighted by atomic mass is 35.5. The van der Waals surface area contributed by atoms with E-state index in [1.807, 2.05) is 0 Å². The maximum Gasteiger partial charge on any atom is 0.415 e. The smallest absolute Gasteiger partial charge is 0.415 e. The lowest BCUT2D eigenvalue weighted by atomic mass is 9.93. The third kappa shape index (κ3) is 3.81. The van der Waals surface area contributed by atoms with Gasteiger partial charge in [0.25, 0.3) is 0 Å². The van der Waals surface area contributed by atoms with Crippen molar-refractivity contribution in [1.29, 1.82) is 0 Å². The van der Waals surface area contributed by atoms with E-state index in [0.717, 1.165) is 13.0 Å². The number of hydrogen-bond acceptors (Lipinski definition) is 7. The van der Waals surface area contributed by atoms with E-state index < -0.39 is 17.5 Å². The zero-order valence-electron chi connectivity index (χ0n) is 18.3. The van der Waals surface area contributed by atoms with Gasteiger partial charge in [-0.15, -0.1) is 0 Å². The summed E-state index contributed by atoms with van der Waals surface area (Å²) in [6.07, 6.45) is 2.01. The van der Waals surface area contributed by atoms with E-state index >= 15 is 0 Å². The van der Waals surface area contributed by atoms with E-state index in [1.165, 1.54) is 19.5 Å². The van der Waals surface area contributed by atoms with Crippen LogP contribution >= 0.6 is 11.6 Å². The van der Waals surface area contributed by atoms with Crippen molar-refractivity contribution in [3.63, 3.8) is 0 Å². The van der Waals surface area contributed by atoms with Gasteiger partial charge in [-0.05, 0) is 31.2 Å². The lowest BCUT2D eigenvalue weighted by Crippen LogP contribution is -2.63. The molecule has 1 N–H and O–H groups in total. The molecule has 3 aromatic rings. The average Bonchev–Trinajstić information content (AvgIpc) is 3.13. The number of carbonyl (C=O) groups is 1. The van der Waals surface area contributed by atoms with Gasteiger partial charge < -0.3 is 14.8 Å². The third-order valence-corrected chi connectivity index (χ3v) is 6.26. The maximum atomic E-state index is 14.5. The molecule has 1 amide bonds. The number of likely N-dealkylation sites (tertiary alicyclic amines) is 1. The first kappa shape index (κ1) is 21.7. The highest BCUT2D eigenvalue weighted by Gasteiger charge is 2.54. The van der Waals surface area contributed by atoms with Crippen molar-refractivity contribution in [3.8, 4) is 5.75 Å². The van der Waals surface area contributed by atoms with Gasteiger partial charge in [-0.25, -0.2) is 19.2 Å². The number of nitrogens with zero attached hydrogens (tertiary/aromatic N) is 4. The monoisotopic (exact) mass is 471 g/mol. The van der Waals surface area contributed by atoms with Crippen LogP contribution in [0, 0.1) is 5.82 Å². The first-order chi connectivity index (χ1) is 15.9. The van der Waals surface area contributed by atoms with Gasteiger partial charge >= 0.3 is 6.09 Å². The summed E-state index contributed by atoms with van der Waals surface area (Å²) in [7, 11) is 1.54. The van der Waals surface area contributed by atoms with Crippen LogP contribution in [-0.2, 0) is 4.74 Å². The van der Waals surface area contributed by atoms with Crippen LogP contribution in [-0.4, -0.2) is 59.9 Å². The van der Waals surface area contributed by atoms with E-state index in [-0.39, 0.29) is 10.7 Å². The number of ether oxygens (including phenoxy) is 2. The van der Waals surface area contributed by atoms with Crippen molar-refractivity contribution < 1.29 is 18.7 Å². The van der Waals surface area contributed by atoms with Crippen molar-refractivity contribution in [2.75, 3.05) is 43.5 Å². The van der Waals surface area contributed by atoms with E-state index in [4.69, 9.17) is 21.1 Å². The molecule has 2 aliphatic heterocycles. The SMILES string of the molecule is CCCN1CC2(C1)CN(c1cc3c(Nc4cccc(Cl)c4F)ncnc3cc1OC)C(=O)O2. The number of rotatable bonds is 6. The summed E-state index contributed by atoms with van der Waals surface area (Å²) < 4.78 is 25.8. The molecule has 0 atom stereocenters. The molecule has 2 fully saturated rings. The van der Waals surface area contributed by atoms with Gasteiger partial charge in [0.2, 0.25) is 0 Å². The molecule has 0 saturated carbocycles. The van der Waals surface area contributed by atoms with E-state index in [9.17, 15) is 9.18 Å². The van der Waals surface area contributed by atoms with Crippen LogP contribution in [0.25, 0.3) is 10.9 Å². The fraction of sp³-hybridized carbons (Fsp3) is 0.348. The van der Waals surface area contributed by atoms with Gasteiger partial charge in [-0.1, -0.05) is 24.6 Å². The van der Waals surface area contributed by atoms with Gasteiger partial charge in [0.1, 0.15) is 17.9 Å². The number of fused-ring (bicyclic) bond motifs is 1. The van der Waals surface area contributed by atoms with E-state index in [1.54, 1.807) is 29.2 Å². The Morgan fingerprint density at radius 1 is 1.27 bits per heavy atom. The molecule has 0 unspecified atom stereocenters. The molecule has 10 heteroatoms. The van der Waals surface area contributed by atoms with E-state index in [0.29, 0.717) is 47.8 Å². The number of nitrogens with one attached hydrogen (secondary N) is 1. The minimum absolute atomic E-state index is 0.00319. The van der Waals surface area contributed by atoms with Crippen molar-refractivity contribution >= 4 is 45.8 Å². The van der Waals surface area contributed by atoms with Crippen LogP contribution in [0.15, 0.2) is 36.7 Å². The highest BCUT2D eigenvalue weighted by Crippen LogP contribution is 2.41. The quantitative estimate of drug-likeness (QED) is 0.563. The highest BCUT2D eigenvalue weighted by molar-refractivity contribution is 6.31. The summed E-state index contributed by atoms with van der Waals surface area (Å²) in [5, 5.41) is 3.59. The second kappa shape index (κ2) is 8.31. The van der Waals surface area contributed by atoms with Crippen LogP contribution in [0.3, 0.4) is 0 Å². The van der Waals surface area contributed by atoms with Gasteiger partial charge in [0, 0.05) is 24.5 Å². The molecular formula is C23H23ClFN5O3. The summed E-state index contributed by atoms with van der Waals surface area (Å²) in [6.45, 7) is 4.95.